The molecule has 0 heterocycles. The Labute approximate surface area is 184 Å². The summed E-state index contributed by atoms with van der Waals surface area (Å²) in [5.41, 5.74) is 1.69. The Hall–Kier alpha value is -1.56. The summed E-state index contributed by atoms with van der Waals surface area (Å²) in [7, 11) is 0. The number of nitrogens with one attached hydrogen (secondary N) is 1. The van der Waals surface area contributed by atoms with Crippen molar-refractivity contribution >= 4 is 50.9 Å². The molecule has 0 aliphatic carbocycles. The molecule has 0 saturated heterocycles. The largest absolute Gasteiger partial charge is 0.352 e. The normalized spacial score (nSPS) is 12.0. The lowest BCUT2D eigenvalue weighted by Crippen LogP contribution is -2.49. The van der Waals surface area contributed by atoms with Crippen LogP contribution in [0.3, 0.4) is 0 Å². The van der Waals surface area contributed by atoms with Gasteiger partial charge in [-0.1, -0.05) is 57.3 Å². The zero-order valence-electron chi connectivity index (χ0n) is 16.0. The van der Waals surface area contributed by atoms with Gasteiger partial charge in [0.1, 0.15) is 6.04 Å². The van der Waals surface area contributed by atoms with Crippen LogP contribution in [0.2, 0.25) is 10.0 Å². The fraction of sp³-hybridized carbons (Fsp3) is 0.333. The molecule has 2 aromatic rings. The summed E-state index contributed by atoms with van der Waals surface area (Å²) in [6.45, 7) is 5.85. The molecule has 0 saturated carbocycles. The summed E-state index contributed by atoms with van der Waals surface area (Å²) in [6, 6.07) is 12.2. The highest BCUT2D eigenvalue weighted by Crippen LogP contribution is 2.23. The molecule has 0 bridgehead atoms. The van der Waals surface area contributed by atoms with Gasteiger partial charge in [0, 0.05) is 17.1 Å². The third-order valence-electron chi connectivity index (χ3n) is 4.20. The Kier molecular flexibility index (Phi) is 8.35. The minimum atomic E-state index is -0.610. The van der Waals surface area contributed by atoms with Gasteiger partial charge in [-0.25, -0.2) is 0 Å². The molecule has 2 rings (SSSR count). The first-order chi connectivity index (χ1) is 13.2. The van der Waals surface area contributed by atoms with E-state index in [9.17, 15) is 9.59 Å². The molecule has 0 aliphatic heterocycles. The number of halogens is 3. The maximum atomic E-state index is 13.1. The number of hydrogen-bond donors (Lipinski definition) is 1. The van der Waals surface area contributed by atoms with Crippen molar-refractivity contribution in [3.8, 4) is 0 Å². The van der Waals surface area contributed by atoms with Crippen LogP contribution in [0, 0.1) is 0 Å². The van der Waals surface area contributed by atoms with Gasteiger partial charge in [-0.2, -0.15) is 0 Å². The van der Waals surface area contributed by atoms with Gasteiger partial charge in [0.25, 0.3) is 0 Å². The summed E-state index contributed by atoms with van der Waals surface area (Å²) in [5.74, 6) is -0.345. The second kappa shape index (κ2) is 10.3. The Morgan fingerprint density at radius 1 is 1.00 bits per heavy atom. The Balaban J connectivity index is 2.24. The lowest BCUT2D eigenvalue weighted by Gasteiger charge is -2.29. The molecule has 0 fully saturated rings. The standard InChI is InChI=1S/C21H23BrCl2N2O2/c1-13(2)25-21(28)14(3)26(12-15-4-7-17(22)8-5-15)20(27)11-16-6-9-18(23)19(24)10-16/h4-10,13-14H,11-12H2,1-3H3,(H,25,28)/t14-/m1/s1. The number of carbonyl (C=O) groups excluding carboxylic acids is 2. The van der Waals surface area contributed by atoms with Crippen molar-refractivity contribution in [1.82, 2.24) is 10.2 Å². The summed E-state index contributed by atoms with van der Waals surface area (Å²) in [4.78, 5) is 27.2. The Morgan fingerprint density at radius 2 is 1.61 bits per heavy atom. The van der Waals surface area contributed by atoms with Gasteiger partial charge >= 0.3 is 0 Å². The van der Waals surface area contributed by atoms with Gasteiger partial charge in [-0.3, -0.25) is 9.59 Å². The van der Waals surface area contributed by atoms with E-state index in [1.165, 1.54) is 0 Å². The first-order valence-electron chi connectivity index (χ1n) is 8.95. The van der Waals surface area contributed by atoms with E-state index in [2.05, 4.69) is 21.2 Å². The van der Waals surface area contributed by atoms with Crippen molar-refractivity contribution in [3.63, 3.8) is 0 Å². The number of amides is 2. The number of rotatable bonds is 7. The Morgan fingerprint density at radius 3 is 2.18 bits per heavy atom. The maximum Gasteiger partial charge on any atom is 0.242 e. The van der Waals surface area contributed by atoms with E-state index < -0.39 is 6.04 Å². The second-order valence-electron chi connectivity index (χ2n) is 6.91. The molecule has 4 nitrogen and oxygen atoms in total. The van der Waals surface area contributed by atoms with E-state index in [-0.39, 0.29) is 24.3 Å². The van der Waals surface area contributed by atoms with E-state index in [4.69, 9.17) is 23.2 Å². The van der Waals surface area contributed by atoms with E-state index in [1.54, 1.807) is 30.0 Å². The zero-order valence-corrected chi connectivity index (χ0v) is 19.1. The lowest BCUT2D eigenvalue weighted by atomic mass is 10.1. The number of hydrogen-bond acceptors (Lipinski definition) is 2. The van der Waals surface area contributed by atoms with Gasteiger partial charge < -0.3 is 10.2 Å². The predicted octanol–water partition coefficient (Wildman–Crippen LogP) is 5.24. The first kappa shape index (κ1) is 22.7. The summed E-state index contributed by atoms with van der Waals surface area (Å²) >= 11 is 15.4. The van der Waals surface area contributed by atoms with Crippen LogP contribution in [0.15, 0.2) is 46.9 Å². The molecule has 1 atom stereocenters. The third kappa shape index (κ3) is 6.50. The average molecular weight is 486 g/mol. The summed E-state index contributed by atoms with van der Waals surface area (Å²) in [6.07, 6.45) is 0.132. The number of carbonyl (C=O) groups is 2. The number of benzene rings is 2. The monoisotopic (exact) mass is 484 g/mol. The van der Waals surface area contributed by atoms with Crippen LogP contribution >= 0.6 is 39.1 Å². The predicted molar refractivity (Wildman–Crippen MR) is 118 cm³/mol. The van der Waals surface area contributed by atoms with Gasteiger partial charge in [0.15, 0.2) is 0 Å². The summed E-state index contributed by atoms with van der Waals surface area (Å²) in [5, 5.41) is 3.71. The Bertz CT molecular complexity index is 841. The van der Waals surface area contributed by atoms with Crippen molar-refractivity contribution in [1.29, 1.82) is 0 Å². The third-order valence-corrected chi connectivity index (χ3v) is 5.47. The highest BCUT2D eigenvalue weighted by molar-refractivity contribution is 9.10. The van der Waals surface area contributed by atoms with E-state index in [0.717, 1.165) is 15.6 Å². The van der Waals surface area contributed by atoms with Gasteiger partial charge in [0.05, 0.1) is 16.5 Å². The summed E-state index contributed by atoms with van der Waals surface area (Å²) < 4.78 is 0.954. The molecule has 0 unspecified atom stereocenters. The molecule has 0 spiro atoms. The van der Waals surface area contributed by atoms with E-state index in [0.29, 0.717) is 16.6 Å². The highest BCUT2D eigenvalue weighted by Gasteiger charge is 2.26. The van der Waals surface area contributed by atoms with Gasteiger partial charge in [-0.05, 0) is 56.2 Å². The van der Waals surface area contributed by atoms with Crippen molar-refractivity contribution < 1.29 is 9.59 Å². The van der Waals surface area contributed by atoms with Crippen LogP contribution < -0.4 is 5.32 Å². The highest BCUT2D eigenvalue weighted by atomic mass is 79.9. The molecule has 0 radical (unpaired) electrons. The van der Waals surface area contributed by atoms with Crippen LogP contribution in [0.4, 0.5) is 0 Å². The molecule has 2 amide bonds. The molecule has 150 valence electrons. The molecule has 7 heteroatoms. The van der Waals surface area contributed by atoms with Crippen LogP contribution in [-0.2, 0) is 22.6 Å². The quantitative estimate of drug-likeness (QED) is 0.582. The SMILES string of the molecule is CC(C)NC(=O)[C@@H](C)N(Cc1ccc(Br)cc1)C(=O)Cc1ccc(Cl)c(Cl)c1. The van der Waals surface area contributed by atoms with Crippen LogP contribution in [-0.4, -0.2) is 28.8 Å². The van der Waals surface area contributed by atoms with Crippen molar-refractivity contribution in [3.05, 3.63) is 68.1 Å². The fourth-order valence-corrected chi connectivity index (χ4v) is 3.29. The topological polar surface area (TPSA) is 49.4 Å². The molecule has 1 N–H and O–H groups in total. The van der Waals surface area contributed by atoms with Crippen LogP contribution in [0.25, 0.3) is 0 Å². The fourth-order valence-electron chi connectivity index (χ4n) is 2.70. The molecular weight excluding hydrogens is 463 g/mol. The second-order valence-corrected chi connectivity index (χ2v) is 8.64. The molecule has 0 aromatic heterocycles. The molecule has 28 heavy (non-hydrogen) atoms. The van der Waals surface area contributed by atoms with Gasteiger partial charge in [0.2, 0.25) is 11.8 Å². The van der Waals surface area contributed by atoms with Crippen LogP contribution in [0.1, 0.15) is 31.9 Å². The first-order valence-corrected chi connectivity index (χ1v) is 10.5. The minimum absolute atomic E-state index is 0.00495. The van der Waals surface area contributed by atoms with Gasteiger partial charge in [-0.15, -0.1) is 0 Å². The average Bonchev–Trinajstić information content (AvgIpc) is 2.63. The van der Waals surface area contributed by atoms with E-state index in [1.807, 2.05) is 38.1 Å². The van der Waals surface area contributed by atoms with Crippen molar-refractivity contribution in [2.24, 2.45) is 0 Å². The molecular formula is C21H23BrCl2N2O2. The smallest absolute Gasteiger partial charge is 0.242 e. The van der Waals surface area contributed by atoms with Crippen molar-refractivity contribution in [2.75, 3.05) is 0 Å². The molecule has 0 aliphatic rings. The zero-order chi connectivity index (χ0) is 20.8. The lowest BCUT2D eigenvalue weighted by molar-refractivity contribution is -0.140. The van der Waals surface area contributed by atoms with Crippen molar-refractivity contribution in [2.45, 2.75) is 45.8 Å². The molecule has 2 aromatic carbocycles. The number of nitrogens with zero attached hydrogens (tertiary/aromatic N) is 1. The maximum absolute atomic E-state index is 13.1. The van der Waals surface area contributed by atoms with Crippen LogP contribution in [0.5, 0.6) is 0 Å². The minimum Gasteiger partial charge on any atom is -0.352 e. The van der Waals surface area contributed by atoms with E-state index >= 15 is 0 Å².